The molecule has 0 aliphatic carbocycles. The van der Waals surface area contributed by atoms with Gasteiger partial charge in [-0.05, 0) is 36.3 Å². The van der Waals surface area contributed by atoms with Crippen LogP contribution in [0.25, 0.3) is 0 Å². The predicted octanol–water partition coefficient (Wildman–Crippen LogP) is 3.06. The fraction of sp³-hybridized carbons (Fsp3) is 0.529. The molecule has 0 saturated carbocycles. The van der Waals surface area contributed by atoms with Crippen LogP contribution in [0.1, 0.15) is 56.0 Å². The molecule has 1 heterocycles. The molecule has 0 aromatic heterocycles. The Kier molecular flexibility index (Phi) is 4.35. The molecule has 114 valence electrons. The molecule has 1 saturated heterocycles. The van der Waals surface area contributed by atoms with Gasteiger partial charge < -0.3 is 10.0 Å². The van der Waals surface area contributed by atoms with E-state index < -0.39 is 12.0 Å². The van der Waals surface area contributed by atoms with Gasteiger partial charge in [-0.1, -0.05) is 39.0 Å². The molecule has 1 aliphatic heterocycles. The molecule has 0 unspecified atom stereocenters. The minimum atomic E-state index is -0.906. The third kappa shape index (κ3) is 3.26. The van der Waals surface area contributed by atoms with E-state index in [0.29, 0.717) is 18.5 Å². The fourth-order valence-electron chi connectivity index (χ4n) is 2.91. The second kappa shape index (κ2) is 5.88. The topological polar surface area (TPSA) is 57.6 Å². The van der Waals surface area contributed by atoms with Gasteiger partial charge in [0.2, 0.25) is 0 Å². The molecule has 1 aromatic rings. The van der Waals surface area contributed by atoms with E-state index in [1.165, 1.54) is 4.90 Å². The molecule has 1 atom stereocenters. The second-order valence-electron chi connectivity index (χ2n) is 6.64. The van der Waals surface area contributed by atoms with Gasteiger partial charge in [-0.2, -0.15) is 0 Å². The molecule has 1 aliphatic rings. The van der Waals surface area contributed by atoms with Gasteiger partial charge in [0.25, 0.3) is 5.91 Å². The summed E-state index contributed by atoms with van der Waals surface area (Å²) in [7, 11) is 0. The first-order chi connectivity index (χ1) is 9.82. The van der Waals surface area contributed by atoms with Crippen molar-refractivity contribution in [2.45, 2.75) is 51.5 Å². The van der Waals surface area contributed by atoms with Crippen molar-refractivity contribution in [2.24, 2.45) is 0 Å². The smallest absolute Gasteiger partial charge is 0.326 e. The van der Waals surface area contributed by atoms with Crippen LogP contribution in [0.15, 0.2) is 24.3 Å². The van der Waals surface area contributed by atoms with Crippen LogP contribution in [0.4, 0.5) is 0 Å². The molecule has 2 rings (SSSR count). The number of rotatable bonds is 2. The maximum atomic E-state index is 12.8. The summed E-state index contributed by atoms with van der Waals surface area (Å²) in [6.07, 6.45) is 2.27. The standard InChI is InChI=1S/C17H23NO3/c1-17(2,3)13-9-5-4-8-12(13)15(19)18-11-7-6-10-14(18)16(20)21/h4-5,8-9,14H,6-7,10-11H2,1-3H3,(H,20,21)/t14-/m0/s1. The van der Waals surface area contributed by atoms with E-state index in [0.717, 1.165) is 18.4 Å². The van der Waals surface area contributed by atoms with Gasteiger partial charge in [-0.25, -0.2) is 4.79 Å². The Bertz CT molecular complexity index is 545. The average molecular weight is 289 g/mol. The van der Waals surface area contributed by atoms with Crippen molar-refractivity contribution in [3.63, 3.8) is 0 Å². The SMILES string of the molecule is CC(C)(C)c1ccccc1C(=O)N1CCCC[C@H]1C(=O)O. The molecule has 21 heavy (non-hydrogen) atoms. The molecule has 4 heteroatoms. The van der Waals surface area contributed by atoms with Crippen molar-refractivity contribution in [1.29, 1.82) is 0 Å². The van der Waals surface area contributed by atoms with Crippen molar-refractivity contribution in [3.05, 3.63) is 35.4 Å². The number of aliphatic carboxylic acids is 1. The summed E-state index contributed by atoms with van der Waals surface area (Å²) in [5, 5.41) is 9.34. The highest BCUT2D eigenvalue weighted by Crippen LogP contribution is 2.28. The first-order valence-corrected chi connectivity index (χ1v) is 7.45. The maximum Gasteiger partial charge on any atom is 0.326 e. The van der Waals surface area contributed by atoms with E-state index in [4.69, 9.17) is 0 Å². The van der Waals surface area contributed by atoms with Gasteiger partial charge >= 0.3 is 5.97 Å². The fourth-order valence-corrected chi connectivity index (χ4v) is 2.91. The van der Waals surface area contributed by atoms with E-state index in [1.807, 2.05) is 18.2 Å². The third-order valence-corrected chi connectivity index (χ3v) is 4.01. The van der Waals surface area contributed by atoms with Gasteiger partial charge in [-0.3, -0.25) is 4.79 Å². The predicted molar refractivity (Wildman–Crippen MR) is 81.5 cm³/mol. The number of amides is 1. The lowest BCUT2D eigenvalue weighted by molar-refractivity contribution is -0.143. The van der Waals surface area contributed by atoms with Crippen molar-refractivity contribution in [2.75, 3.05) is 6.54 Å². The lowest BCUT2D eigenvalue weighted by Crippen LogP contribution is -2.48. The zero-order valence-electron chi connectivity index (χ0n) is 12.9. The van der Waals surface area contributed by atoms with E-state index in [1.54, 1.807) is 6.07 Å². The van der Waals surface area contributed by atoms with Crippen molar-refractivity contribution in [1.82, 2.24) is 4.90 Å². The highest BCUT2D eigenvalue weighted by atomic mass is 16.4. The molecular weight excluding hydrogens is 266 g/mol. The van der Waals surface area contributed by atoms with Crippen LogP contribution in [0, 0.1) is 0 Å². The Balaban J connectivity index is 2.37. The van der Waals surface area contributed by atoms with Crippen LogP contribution in [0.3, 0.4) is 0 Å². The second-order valence-corrected chi connectivity index (χ2v) is 6.64. The quantitative estimate of drug-likeness (QED) is 0.910. The van der Waals surface area contributed by atoms with E-state index >= 15 is 0 Å². The average Bonchev–Trinajstić information content (AvgIpc) is 2.45. The minimum Gasteiger partial charge on any atom is -0.480 e. The lowest BCUT2D eigenvalue weighted by Gasteiger charge is -2.34. The number of nitrogens with zero attached hydrogens (tertiary/aromatic N) is 1. The Labute approximate surface area is 125 Å². The molecule has 1 fully saturated rings. The zero-order valence-corrected chi connectivity index (χ0v) is 12.9. The molecule has 1 aromatic carbocycles. The van der Waals surface area contributed by atoms with Crippen molar-refractivity contribution >= 4 is 11.9 Å². The van der Waals surface area contributed by atoms with E-state index in [-0.39, 0.29) is 11.3 Å². The lowest BCUT2D eigenvalue weighted by atomic mass is 9.83. The highest BCUT2D eigenvalue weighted by molar-refractivity contribution is 5.98. The largest absolute Gasteiger partial charge is 0.480 e. The number of benzene rings is 1. The van der Waals surface area contributed by atoms with E-state index in [9.17, 15) is 14.7 Å². The number of carbonyl (C=O) groups is 2. The number of hydrogen-bond acceptors (Lipinski definition) is 2. The monoisotopic (exact) mass is 289 g/mol. The summed E-state index contributed by atoms with van der Waals surface area (Å²) in [5.74, 6) is -1.07. The molecule has 0 spiro atoms. The van der Waals surface area contributed by atoms with Crippen LogP contribution >= 0.6 is 0 Å². The molecule has 1 amide bonds. The summed E-state index contributed by atoms with van der Waals surface area (Å²) in [6, 6.07) is 6.81. The van der Waals surface area contributed by atoms with Crippen LogP contribution in [-0.4, -0.2) is 34.5 Å². The van der Waals surface area contributed by atoms with E-state index in [2.05, 4.69) is 20.8 Å². The molecule has 1 N–H and O–H groups in total. The molecular formula is C17H23NO3. The number of carboxylic acids is 1. The van der Waals surface area contributed by atoms with Crippen molar-refractivity contribution < 1.29 is 14.7 Å². The minimum absolute atomic E-state index is 0.152. The van der Waals surface area contributed by atoms with Crippen molar-refractivity contribution in [3.8, 4) is 0 Å². The number of carbonyl (C=O) groups excluding carboxylic acids is 1. The Morgan fingerprint density at radius 3 is 2.48 bits per heavy atom. The van der Waals surface area contributed by atoms with Crippen LogP contribution in [0.2, 0.25) is 0 Å². The number of carboxylic acid groups (broad SMARTS) is 1. The zero-order chi connectivity index (χ0) is 15.6. The molecule has 4 nitrogen and oxygen atoms in total. The first kappa shape index (κ1) is 15.5. The normalized spacial score (nSPS) is 19.4. The van der Waals surface area contributed by atoms with Crippen LogP contribution in [0.5, 0.6) is 0 Å². The maximum absolute atomic E-state index is 12.8. The van der Waals surface area contributed by atoms with Gasteiger partial charge in [0.15, 0.2) is 0 Å². The molecule has 0 radical (unpaired) electrons. The Hall–Kier alpha value is -1.84. The number of likely N-dealkylation sites (tertiary alicyclic amines) is 1. The highest BCUT2D eigenvalue weighted by Gasteiger charge is 2.34. The van der Waals surface area contributed by atoms with Gasteiger partial charge in [0, 0.05) is 12.1 Å². The summed E-state index contributed by atoms with van der Waals surface area (Å²) in [4.78, 5) is 25.8. The summed E-state index contributed by atoms with van der Waals surface area (Å²) in [5.41, 5.74) is 1.43. The van der Waals surface area contributed by atoms with Crippen LogP contribution in [-0.2, 0) is 10.2 Å². The third-order valence-electron chi connectivity index (χ3n) is 4.01. The first-order valence-electron chi connectivity index (χ1n) is 7.45. The van der Waals surface area contributed by atoms with Gasteiger partial charge in [0.1, 0.15) is 6.04 Å². The number of hydrogen-bond donors (Lipinski definition) is 1. The Morgan fingerprint density at radius 2 is 1.86 bits per heavy atom. The molecule has 0 bridgehead atoms. The Morgan fingerprint density at radius 1 is 1.19 bits per heavy atom. The summed E-state index contributed by atoms with van der Waals surface area (Å²) < 4.78 is 0. The van der Waals surface area contributed by atoms with Gasteiger partial charge in [0.05, 0.1) is 0 Å². The summed E-state index contributed by atoms with van der Waals surface area (Å²) >= 11 is 0. The van der Waals surface area contributed by atoms with Crippen LogP contribution < -0.4 is 0 Å². The number of piperidine rings is 1. The summed E-state index contributed by atoms with van der Waals surface area (Å²) in [6.45, 7) is 6.70. The van der Waals surface area contributed by atoms with Gasteiger partial charge in [-0.15, -0.1) is 0 Å².